The number of carbonyl (C=O) groups is 1. The first-order valence-electron chi connectivity index (χ1n) is 8.83. The number of amides is 1. The van der Waals surface area contributed by atoms with Gasteiger partial charge in [0.2, 0.25) is 5.91 Å². The number of aromatic nitrogens is 3. The highest BCUT2D eigenvalue weighted by Crippen LogP contribution is 2.23. The maximum atomic E-state index is 12.4. The van der Waals surface area contributed by atoms with Crippen molar-refractivity contribution in [2.75, 3.05) is 5.32 Å². The minimum atomic E-state index is -0.157. The molecular weight excluding hydrogens is 352 g/mol. The summed E-state index contributed by atoms with van der Waals surface area (Å²) < 4.78 is 7.42. The third-order valence-corrected chi connectivity index (χ3v) is 4.10. The highest BCUT2D eigenvalue weighted by atomic mass is 16.5. The van der Waals surface area contributed by atoms with Gasteiger partial charge in [0.15, 0.2) is 0 Å². The van der Waals surface area contributed by atoms with Crippen molar-refractivity contribution in [3.05, 3.63) is 91.4 Å². The molecule has 1 amide bonds. The van der Waals surface area contributed by atoms with Gasteiger partial charge in [0.05, 0.1) is 5.69 Å². The van der Waals surface area contributed by atoms with Crippen molar-refractivity contribution in [2.24, 2.45) is 0 Å². The third kappa shape index (κ3) is 4.24. The third-order valence-electron chi connectivity index (χ3n) is 4.10. The van der Waals surface area contributed by atoms with E-state index in [0.717, 1.165) is 17.0 Å². The van der Waals surface area contributed by atoms with Crippen LogP contribution in [0.5, 0.6) is 11.5 Å². The number of rotatable bonds is 6. The Hall–Kier alpha value is -3.93. The Labute approximate surface area is 162 Å². The topological polar surface area (TPSA) is 69.0 Å². The van der Waals surface area contributed by atoms with Crippen molar-refractivity contribution >= 4 is 11.6 Å². The molecule has 4 rings (SSSR count). The fraction of sp³-hybridized carbons (Fsp3) is 0.0455. The molecule has 0 unspecified atom stereocenters. The molecule has 1 N–H and O–H groups in total. The predicted octanol–water partition coefficient (Wildman–Crippen LogP) is 4.38. The molecule has 0 saturated heterocycles. The van der Waals surface area contributed by atoms with Crippen LogP contribution >= 0.6 is 0 Å². The zero-order valence-electron chi connectivity index (χ0n) is 15.0. The second-order valence-corrected chi connectivity index (χ2v) is 6.10. The lowest BCUT2D eigenvalue weighted by atomic mass is 10.2. The normalized spacial score (nSPS) is 10.4. The van der Waals surface area contributed by atoms with Gasteiger partial charge in [-0.15, -0.1) is 0 Å². The molecule has 2 aromatic carbocycles. The summed E-state index contributed by atoms with van der Waals surface area (Å²) in [6.07, 6.45) is 5.11. The zero-order valence-corrected chi connectivity index (χ0v) is 15.0. The number of nitrogens with zero attached hydrogens (tertiary/aromatic N) is 3. The molecule has 28 heavy (non-hydrogen) atoms. The van der Waals surface area contributed by atoms with Gasteiger partial charge in [-0.3, -0.25) is 14.5 Å². The lowest BCUT2D eigenvalue weighted by Gasteiger charge is -2.10. The largest absolute Gasteiger partial charge is 0.457 e. The molecule has 6 heteroatoms. The number of anilines is 1. The highest BCUT2D eigenvalue weighted by Gasteiger charge is 2.10. The van der Waals surface area contributed by atoms with E-state index in [1.54, 1.807) is 23.3 Å². The first-order valence-corrected chi connectivity index (χ1v) is 8.83. The van der Waals surface area contributed by atoms with Crippen molar-refractivity contribution in [1.29, 1.82) is 0 Å². The van der Waals surface area contributed by atoms with E-state index in [9.17, 15) is 4.79 Å². The van der Waals surface area contributed by atoms with Crippen LogP contribution in [0.25, 0.3) is 11.3 Å². The number of nitrogens with one attached hydrogen (secondary N) is 1. The number of hydrogen-bond donors (Lipinski definition) is 1. The second-order valence-electron chi connectivity index (χ2n) is 6.10. The first kappa shape index (κ1) is 17.5. The number of pyridine rings is 1. The van der Waals surface area contributed by atoms with Crippen LogP contribution in [0.15, 0.2) is 91.4 Å². The molecule has 2 aromatic heterocycles. The van der Waals surface area contributed by atoms with E-state index in [2.05, 4.69) is 15.4 Å². The van der Waals surface area contributed by atoms with Gasteiger partial charge < -0.3 is 10.1 Å². The molecule has 0 radical (unpaired) electrons. The number of hydrogen-bond acceptors (Lipinski definition) is 4. The molecule has 0 saturated carbocycles. The maximum Gasteiger partial charge on any atom is 0.246 e. The Bertz CT molecular complexity index is 1040. The van der Waals surface area contributed by atoms with Crippen molar-refractivity contribution in [2.45, 2.75) is 6.54 Å². The van der Waals surface area contributed by atoms with Gasteiger partial charge >= 0.3 is 0 Å². The maximum absolute atomic E-state index is 12.4. The summed E-state index contributed by atoms with van der Waals surface area (Å²) in [5.41, 5.74) is 2.52. The minimum absolute atomic E-state index is 0.118. The Balaban J connectivity index is 1.39. The van der Waals surface area contributed by atoms with E-state index in [4.69, 9.17) is 4.74 Å². The molecule has 0 aliphatic heterocycles. The minimum Gasteiger partial charge on any atom is -0.457 e. The lowest BCUT2D eigenvalue weighted by Crippen LogP contribution is -2.20. The van der Waals surface area contributed by atoms with Gasteiger partial charge in [-0.25, -0.2) is 0 Å². The molecule has 2 heterocycles. The number of para-hydroxylation sites is 1. The second kappa shape index (κ2) is 8.18. The summed E-state index contributed by atoms with van der Waals surface area (Å²) in [6.45, 7) is 0.118. The van der Waals surface area contributed by atoms with Gasteiger partial charge in [-0.2, -0.15) is 5.10 Å². The molecule has 0 atom stereocenters. The molecule has 0 fully saturated rings. The van der Waals surface area contributed by atoms with E-state index >= 15 is 0 Å². The summed E-state index contributed by atoms with van der Waals surface area (Å²) in [7, 11) is 0. The Kier molecular flexibility index (Phi) is 5.11. The molecule has 4 aromatic rings. The molecule has 138 valence electrons. The van der Waals surface area contributed by atoms with Crippen LogP contribution < -0.4 is 10.1 Å². The van der Waals surface area contributed by atoms with Gasteiger partial charge in [-0.1, -0.05) is 18.2 Å². The van der Waals surface area contributed by atoms with E-state index in [1.165, 1.54) is 0 Å². The van der Waals surface area contributed by atoms with E-state index in [0.29, 0.717) is 11.4 Å². The summed E-state index contributed by atoms with van der Waals surface area (Å²) >= 11 is 0. The SMILES string of the molecule is O=C(Cn1nccc1-c1ccncc1)Nc1ccc(Oc2ccccc2)cc1. The molecule has 0 aliphatic carbocycles. The fourth-order valence-corrected chi connectivity index (χ4v) is 2.79. The summed E-state index contributed by atoms with van der Waals surface area (Å²) in [4.78, 5) is 16.4. The van der Waals surface area contributed by atoms with Gasteiger partial charge in [0.1, 0.15) is 18.0 Å². The molecule has 0 aliphatic rings. The molecule has 0 bridgehead atoms. The van der Waals surface area contributed by atoms with Crippen LogP contribution in [0, 0.1) is 0 Å². The van der Waals surface area contributed by atoms with Crippen molar-refractivity contribution < 1.29 is 9.53 Å². The van der Waals surface area contributed by atoms with Gasteiger partial charge in [0, 0.05) is 29.8 Å². The van der Waals surface area contributed by atoms with Gasteiger partial charge in [0.25, 0.3) is 0 Å². The monoisotopic (exact) mass is 370 g/mol. The van der Waals surface area contributed by atoms with Crippen LogP contribution in [0.4, 0.5) is 5.69 Å². The Morgan fingerprint density at radius 1 is 0.857 bits per heavy atom. The average Bonchev–Trinajstić information content (AvgIpc) is 3.19. The molecule has 6 nitrogen and oxygen atoms in total. The van der Waals surface area contributed by atoms with Crippen molar-refractivity contribution in [3.8, 4) is 22.8 Å². The molecular formula is C22H18N4O2. The number of benzene rings is 2. The number of carbonyl (C=O) groups excluding carboxylic acids is 1. The standard InChI is InChI=1S/C22H18N4O2/c27-22(16-26-21(12-15-24-26)17-10-13-23-14-11-17)25-18-6-8-20(9-7-18)28-19-4-2-1-3-5-19/h1-15H,16H2,(H,25,27). The van der Waals surface area contributed by atoms with E-state index in [1.807, 2.05) is 72.8 Å². The quantitative estimate of drug-likeness (QED) is 0.547. The molecule has 0 spiro atoms. The Morgan fingerprint density at radius 3 is 2.32 bits per heavy atom. The summed E-state index contributed by atoms with van der Waals surface area (Å²) in [6, 6.07) is 22.4. The van der Waals surface area contributed by atoms with Crippen LogP contribution in [0.1, 0.15) is 0 Å². The predicted molar refractivity (Wildman–Crippen MR) is 107 cm³/mol. The Morgan fingerprint density at radius 2 is 1.57 bits per heavy atom. The summed E-state index contributed by atoms with van der Waals surface area (Å²) in [5, 5.41) is 7.13. The van der Waals surface area contributed by atoms with Crippen molar-refractivity contribution in [1.82, 2.24) is 14.8 Å². The highest BCUT2D eigenvalue weighted by molar-refractivity contribution is 5.90. The summed E-state index contributed by atoms with van der Waals surface area (Å²) in [5.74, 6) is 1.31. The van der Waals surface area contributed by atoms with E-state index in [-0.39, 0.29) is 12.5 Å². The van der Waals surface area contributed by atoms with Crippen molar-refractivity contribution in [3.63, 3.8) is 0 Å². The van der Waals surface area contributed by atoms with Crippen LogP contribution in [0.3, 0.4) is 0 Å². The van der Waals surface area contributed by atoms with Crippen LogP contribution in [0.2, 0.25) is 0 Å². The first-order chi connectivity index (χ1) is 13.8. The smallest absolute Gasteiger partial charge is 0.246 e. The van der Waals surface area contributed by atoms with Gasteiger partial charge in [-0.05, 0) is 54.6 Å². The van der Waals surface area contributed by atoms with Crippen LogP contribution in [-0.2, 0) is 11.3 Å². The average molecular weight is 370 g/mol. The fourth-order valence-electron chi connectivity index (χ4n) is 2.79. The lowest BCUT2D eigenvalue weighted by molar-refractivity contribution is -0.116. The van der Waals surface area contributed by atoms with Crippen LogP contribution in [-0.4, -0.2) is 20.7 Å². The zero-order chi connectivity index (χ0) is 19.2. The number of ether oxygens (including phenoxy) is 1. The van der Waals surface area contributed by atoms with E-state index < -0.39 is 0 Å².